The van der Waals surface area contributed by atoms with E-state index in [0.717, 1.165) is 0 Å². The van der Waals surface area contributed by atoms with Crippen molar-refractivity contribution in [3.8, 4) is 0 Å². The predicted molar refractivity (Wildman–Crippen MR) is 105 cm³/mol. The van der Waals surface area contributed by atoms with Gasteiger partial charge >= 0.3 is 21.7 Å². The molecule has 0 amide bonds. The van der Waals surface area contributed by atoms with Crippen molar-refractivity contribution in [1.82, 2.24) is 0 Å². The topological polar surface area (TPSA) is 161 Å². The largest absolute Gasteiger partial charge is 2.00 e. The van der Waals surface area contributed by atoms with Gasteiger partial charge in [0.25, 0.3) is 0 Å². The fourth-order valence-electron chi connectivity index (χ4n) is 0.471. The molecule has 174 valence electrons. The third kappa shape index (κ3) is 23.6. The zero-order valence-electron chi connectivity index (χ0n) is 19.6. The van der Waals surface area contributed by atoms with Crippen LogP contribution in [0.25, 0.3) is 0 Å². The number of hydrogen-bond donors (Lipinski definition) is 4. The second-order valence-electron chi connectivity index (χ2n) is 8.33. The van der Waals surface area contributed by atoms with Gasteiger partial charge in [0.2, 0.25) is 0 Å². The maximum atomic E-state index is 10.1. The quantitative estimate of drug-likeness (QED) is 0.389. The summed E-state index contributed by atoms with van der Waals surface area (Å²) in [7, 11) is 0. The Hall–Kier alpha value is -0.506. The average molecular weight is 458 g/mol. The van der Waals surface area contributed by atoms with Gasteiger partial charge in [0.1, 0.15) is 11.2 Å². The first-order valence-electron chi connectivity index (χ1n) is 9.41. The van der Waals surface area contributed by atoms with Crippen LogP contribution >= 0.6 is 0 Å². The fraction of sp³-hybridized carbons (Fsp3) is 0.900. The summed E-state index contributed by atoms with van der Waals surface area (Å²) in [4.78, 5) is 20.2. The SMILES string of the molecule is CC(C)C(C)(O)C(=O)[O-].CC(C)C(C)(O)C(=O)[O-].CC(C)CO.CC(C)CO.[Ti+2]. The van der Waals surface area contributed by atoms with Crippen molar-refractivity contribution in [1.29, 1.82) is 0 Å². The van der Waals surface area contributed by atoms with Gasteiger partial charge in [-0.3, -0.25) is 0 Å². The van der Waals surface area contributed by atoms with Gasteiger partial charge in [-0.15, -0.1) is 0 Å². The Morgan fingerprint density at radius 3 is 0.828 bits per heavy atom. The van der Waals surface area contributed by atoms with Gasteiger partial charge in [-0.1, -0.05) is 55.4 Å². The number of aliphatic hydroxyl groups is 4. The molecule has 2 unspecified atom stereocenters. The van der Waals surface area contributed by atoms with Crippen LogP contribution in [0.2, 0.25) is 0 Å². The molecule has 0 saturated carbocycles. The van der Waals surface area contributed by atoms with Crippen molar-refractivity contribution in [2.75, 3.05) is 13.2 Å². The average Bonchev–Trinajstić information content (AvgIpc) is 2.55. The zero-order valence-corrected chi connectivity index (χ0v) is 21.2. The van der Waals surface area contributed by atoms with Crippen LogP contribution in [-0.2, 0) is 31.3 Å². The van der Waals surface area contributed by atoms with Gasteiger partial charge in [-0.2, -0.15) is 0 Å². The molecule has 0 saturated heterocycles. The summed E-state index contributed by atoms with van der Waals surface area (Å²) in [6.45, 7) is 17.4. The molecule has 0 aliphatic heterocycles. The third-order valence-corrected chi connectivity index (χ3v) is 3.81. The second kappa shape index (κ2) is 19.5. The summed E-state index contributed by atoms with van der Waals surface area (Å²) >= 11 is 0. The van der Waals surface area contributed by atoms with E-state index in [4.69, 9.17) is 20.4 Å². The van der Waals surface area contributed by atoms with Crippen molar-refractivity contribution in [2.45, 2.75) is 80.4 Å². The van der Waals surface area contributed by atoms with Crippen molar-refractivity contribution in [3.63, 3.8) is 0 Å². The third-order valence-electron chi connectivity index (χ3n) is 3.81. The van der Waals surface area contributed by atoms with Gasteiger partial charge in [0.15, 0.2) is 0 Å². The summed E-state index contributed by atoms with van der Waals surface area (Å²) in [6.07, 6.45) is 0. The van der Waals surface area contributed by atoms with Gasteiger partial charge in [-0.25, -0.2) is 0 Å². The van der Waals surface area contributed by atoms with E-state index in [2.05, 4.69) is 0 Å². The number of carboxylic acids is 2. The first-order valence-corrected chi connectivity index (χ1v) is 9.41. The number of carboxylic acid groups (broad SMARTS) is 2. The van der Waals surface area contributed by atoms with Crippen LogP contribution in [-0.4, -0.2) is 56.8 Å². The molecule has 2 atom stereocenters. The predicted octanol–water partition coefficient (Wildman–Crippen LogP) is -0.446. The Balaban J connectivity index is -0.0000000907. The molecule has 0 aliphatic rings. The van der Waals surface area contributed by atoms with Crippen molar-refractivity contribution in [3.05, 3.63) is 0 Å². The van der Waals surface area contributed by atoms with E-state index >= 15 is 0 Å². The molecule has 0 rings (SSSR count). The molecule has 0 fully saturated rings. The molecule has 0 aliphatic carbocycles. The van der Waals surface area contributed by atoms with Gasteiger partial charge in [-0.05, 0) is 37.5 Å². The molecule has 0 aromatic heterocycles. The van der Waals surface area contributed by atoms with Crippen LogP contribution in [0.15, 0.2) is 0 Å². The minimum Gasteiger partial charge on any atom is -0.547 e. The number of carbonyl (C=O) groups is 2. The Labute approximate surface area is 191 Å². The molecule has 0 spiro atoms. The van der Waals surface area contributed by atoms with E-state index in [1.54, 1.807) is 27.7 Å². The maximum Gasteiger partial charge on any atom is 2.00 e. The van der Waals surface area contributed by atoms with Crippen LogP contribution in [0.4, 0.5) is 0 Å². The molecule has 8 nitrogen and oxygen atoms in total. The number of aliphatic hydroxyl groups excluding tert-OH is 2. The summed E-state index contributed by atoms with van der Waals surface area (Å²) in [5, 5.41) is 54.5. The number of aliphatic carboxylic acids is 2. The first kappa shape index (κ1) is 39.0. The molecule has 29 heavy (non-hydrogen) atoms. The number of rotatable bonds is 6. The minimum atomic E-state index is -1.69. The molecule has 9 heteroatoms. The molecule has 4 N–H and O–H groups in total. The van der Waals surface area contributed by atoms with Gasteiger partial charge in [0, 0.05) is 13.2 Å². The Bertz CT molecular complexity index is 367. The van der Waals surface area contributed by atoms with E-state index in [9.17, 15) is 19.8 Å². The van der Waals surface area contributed by atoms with Crippen LogP contribution in [0.3, 0.4) is 0 Å². The first-order chi connectivity index (χ1) is 12.3. The smallest absolute Gasteiger partial charge is 0.547 e. The summed E-state index contributed by atoms with van der Waals surface area (Å²) in [6, 6.07) is 0. The monoisotopic (exact) mass is 458 g/mol. The molecule has 0 heterocycles. The van der Waals surface area contributed by atoms with Crippen LogP contribution in [0.5, 0.6) is 0 Å². The molecular formula is C20H42O8Ti. The summed E-state index contributed by atoms with van der Waals surface area (Å²) in [5.74, 6) is -2.59. The van der Waals surface area contributed by atoms with Gasteiger partial charge < -0.3 is 40.2 Å². The maximum absolute atomic E-state index is 10.1. The summed E-state index contributed by atoms with van der Waals surface area (Å²) in [5.41, 5.74) is -3.39. The Kier molecular flexibility index (Phi) is 26.2. The zero-order chi connectivity index (χ0) is 23.9. The van der Waals surface area contributed by atoms with Crippen molar-refractivity contribution < 1.29 is 61.9 Å². The normalized spacial score (nSPS) is 14.1. The Morgan fingerprint density at radius 1 is 0.690 bits per heavy atom. The van der Waals surface area contributed by atoms with Crippen molar-refractivity contribution >= 4 is 11.9 Å². The minimum absolute atomic E-state index is 0. The van der Waals surface area contributed by atoms with Crippen LogP contribution in [0, 0.1) is 23.7 Å². The molecular weight excluding hydrogens is 416 g/mol. The number of carbonyl (C=O) groups excluding carboxylic acids is 2. The molecule has 0 bridgehead atoms. The van der Waals surface area contributed by atoms with E-state index in [1.807, 2.05) is 27.7 Å². The van der Waals surface area contributed by atoms with E-state index < -0.39 is 23.1 Å². The van der Waals surface area contributed by atoms with Gasteiger partial charge in [0.05, 0.1) is 11.9 Å². The van der Waals surface area contributed by atoms with E-state index in [-0.39, 0.29) is 33.6 Å². The summed E-state index contributed by atoms with van der Waals surface area (Å²) < 4.78 is 0. The van der Waals surface area contributed by atoms with E-state index in [0.29, 0.717) is 25.0 Å². The van der Waals surface area contributed by atoms with E-state index in [1.165, 1.54) is 13.8 Å². The Morgan fingerprint density at radius 2 is 0.828 bits per heavy atom. The van der Waals surface area contributed by atoms with Crippen LogP contribution < -0.4 is 10.2 Å². The number of hydrogen-bond acceptors (Lipinski definition) is 8. The second-order valence-corrected chi connectivity index (χ2v) is 8.33. The van der Waals surface area contributed by atoms with Crippen molar-refractivity contribution in [2.24, 2.45) is 23.7 Å². The molecule has 0 aromatic carbocycles. The van der Waals surface area contributed by atoms with Crippen LogP contribution in [0.1, 0.15) is 69.2 Å². The standard InChI is InChI=1S/2C6H12O3.2C4H10O.Ti/c2*1-4(2)6(3,9)5(7)8;2*1-4(2)3-5;/h2*4,9H,1-3H3,(H,7,8);2*4-5H,3H2,1-2H3;/q;;;;+2/p-2. The molecule has 0 radical (unpaired) electrons. The fourth-order valence-corrected chi connectivity index (χ4v) is 0.471. The molecule has 0 aromatic rings.